The first-order valence-corrected chi connectivity index (χ1v) is 13.3. The predicted molar refractivity (Wildman–Crippen MR) is 149 cm³/mol. The minimum Gasteiger partial charge on any atom is -0.530 e. The molecule has 7 nitrogen and oxygen atoms in total. The summed E-state index contributed by atoms with van der Waals surface area (Å²) in [4.78, 5) is 37.4. The van der Waals surface area contributed by atoms with Crippen LogP contribution in [0.5, 0.6) is 0 Å². The number of piperidine rings is 1. The highest BCUT2D eigenvalue weighted by atomic mass is 16.5. The fourth-order valence-corrected chi connectivity index (χ4v) is 5.12. The monoisotopic (exact) mass is 536 g/mol. The van der Waals surface area contributed by atoms with Gasteiger partial charge < -0.3 is 24.3 Å². The Morgan fingerprint density at radius 3 is 2.27 bits per heavy atom. The summed E-state index contributed by atoms with van der Waals surface area (Å²) in [5.74, 6) is -0.738. The zero-order valence-corrected chi connectivity index (χ0v) is 22.0. The smallest absolute Gasteiger partial charge is 0.310 e. The molecule has 5 rings (SSSR count). The molecule has 0 spiro atoms. The van der Waals surface area contributed by atoms with Crippen molar-refractivity contribution in [3.05, 3.63) is 119 Å². The third-order valence-corrected chi connectivity index (χ3v) is 7.31. The van der Waals surface area contributed by atoms with Crippen LogP contribution in [0.4, 0.5) is 4.79 Å². The quantitative estimate of drug-likeness (QED) is 0.230. The summed E-state index contributed by atoms with van der Waals surface area (Å²) in [6, 6.07) is 30.6. The van der Waals surface area contributed by atoms with Crippen LogP contribution < -0.4 is 5.11 Å². The molecule has 1 aliphatic rings. The molecule has 1 amide bonds. The molecule has 4 aromatic rings. The van der Waals surface area contributed by atoms with E-state index < -0.39 is 12.1 Å². The van der Waals surface area contributed by atoms with Crippen LogP contribution in [0.25, 0.3) is 10.8 Å². The number of ether oxygens (including phenoxy) is 2. The Bertz CT molecular complexity index is 1480. The molecule has 0 radical (unpaired) electrons. The van der Waals surface area contributed by atoms with E-state index in [1.54, 1.807) is 24.3 Å². The van der Waals surface area contributed by atoms with Gasteiger partial charge in [-0.1, -0.05) is 91.0 Å². The number of carbonyl (C=O) groups is 3. The van der Waals surface area contributed by atoms with Crippen molar-refractivity contribution in [2.45, 2.75) is 31.5 Å². The molecule has 1 aliphatic heterocycles. The number of amides is 1. The third-order valence-electron chi connectivity index (χ3n) is 7.31. The van der Waals surface area contributed by atoms with Crippen LogP contribution in [0.2, 0.25) is 0 Å². The van der Waals surface area contributed by atoms with Gasteiger partial charge in [0.1, 0.15) is 6.09 Å². The van der Waals surface area contributed by atoms with E-state index in [9.17, 15) is 19.5 Å². The van der Waals surface area contributed by atoms with E-state index in [4.69, 9.17) is 9.47 Å². The fraction of sp³-hybridized carbons (Fsp3) is 0.242. The molecule has 7 heteroatoms. The van der Waals surface area contributed by atoms with E-state index in [0.29, 0.717) is 25.1 Å². The summed E-state index contributed by atoms with van der Waals surface area (Å²) in [7, 11) is 0. The van der Waals surface area contributed by atoms with E-state index in [1.165, 1.54) is 4.90 Å². The lowest BCUT2D eigenvalue weighted by Crippen LogP contribution is -2.51. The molecule has 1 heterocycles. The number of Topliss-reactive ketones (excluding diaryl/α,β-unsaturated/α-hetero) is 1. The molecule has 2 unspecified atom stereocenters. The van der Waals surface area contributed by atoms with Crippen molar-refractivity contribution in [3.63, 3.8) is 0 Å². The highest BCUT2D eigenvalue weighted by Gasteiger charge is 2.31. The van der Waals surface area contributed by atoms with Crippen molar-refractivity contribution < 1.29 is 29.0 Å². The van der Waals surface area contributed by atoms with Gasteiger partial charge in [0, 0.05) is 24.6 Å². The molecule has 0 N–H and O–H groups in total. The van der Waals surface area contributed by atoms with Crippen molar-refractivity contribution in [3.8, 4) is 0 Å². The Morgan fingerprint density at radius 2 is 1.52 bits per heavy atom. The van der Waals surface area contributed by atoms with Gasteiger partial charge in [0.05, 0.1) is 19.1 Å². The first-order chi connectivity index (χ1) is 19.5. The van der Waals surface area contributed by atoms with Crippen molar-refractivity contribution >= 4 is 28.6 Å². The first-order valence-electron chi connectivity index (χ1n) is 13.3. The van der Waals surface area contributed by atoms with Crippen LogP contribution in [-0.2, 0) is 27.3 Å². The lowest BCUT2D eigenvalue weighted by molar-refractivity contribution is -0.268. The van der Waals surface area contributed by atoms with Crippen molar-refractivity contribution in [2.75, 3.05) is 19.7 Å². The molecule has 204 valence electrons. The molecule has 0 saturated carbocycles. The Labute approximate surface area is 233 Å². The van der Waals surface area contributed by atoms with Crippen LogP contribution in [0.3, 0.4) is 0 Å². The van der Waals surface area contributed by atoms with Gasteiger partial charge in [-0.05, 0) is 39.9 Å². The number of hydrogen-bond acceptors (Lipinski definition) is 6. The molecule has 4 aromatic carbocycles. The first kappa shape index (κ1) is 27.1. The second kappa shape index (κ2) is 12.6. The zero-order chi connectivity index (χ0) is 27.9. The fourth-order valence-electron chi connectivity index (χ4n) is 5.12. The van der Waals surface area contributed by atoms with Crippen LogP contribution in [0.15, 0.2) is 97.1 Å². The SMILES string of the molecule is O=C(Cc1ccc(C2CCN(C(=O)[O-])CC2OCc2ccc3ccccc3c2)cc1)OCC(=O)c1ccccc1. The predicted octanol–water partition coefficient (Wildman–Crippen LogP) is 4.53. The number of esters is 1. The molecule has 0 bridgehead atoms. The molecular formula is C33H30NO6-. The van der Waals surface area contributed by atoms with Crippen molar-refractivity contribution in [1.29, 1.82) is 0 Å². The molecular weight excluding hydrogens is 506 g/mol. The number of nitrogens with zero attached hydrogens (tertiary/aromatic N) is 1. The van der Waals surface area contributed by atoms with Crippen LogP contribution in [-0.4, -0.2) is 48.5 Å². The maximum atomic E-state index is 12.3. The highest BCUT2D eigenvalue weighted by Crippen LogP contribution is 2.31. The number of carbonyl (C=O) groups excluding carboxylic acids is 3. The van der Waals surface area contributed by atoms with E-state index in [-0.39, 0.29) is 37.4 Å². The van der Waals surface area contributed by atoms with Crippen LogP contribution in [0, 0.1) is 0 Å². The lowest BCUT2D eigenvalue weighted by atomic mass is 9.86. The summed E-state index contributed by atoms with van der Waals surface area (Å²) in [6.07, 6.45) is -0.900. The number of likely N-dealkylation sites (tertiary alicyclic amines) is 1. The van der Waals surface area contributed by atoms with Gasteiger partial charge >= 0.3 is 5.97 Å². The van der Waals surface area contributed by atoms with Gasteiger partial charge in [-0.3, -0.25) is 9.59 Å². The summed E-state index contributed by atoms with van der Waals surface area (Å²) in [5.41, 5.74) is 3.30. The summed E-state index contributed by atoms with van der Waals surface area (Å²) in [6.45, 7) is 0.656. The normalized spacial score (nSPS) is 16.9. The molecule has 1 saturated heterocycles. The molecule has 2 atom stereocenters. The Balaban J connectivity index is 1.21. The maximum Gasteiger partial charge on any atom is 0.310 e. The number of rotatable bonds is 9. The van der Waals surface area contributed by atoms with Gasteiger partial charge in [0.2, 0.25) is 0 Å². The highest BCUT2D eigenvalue weighted by molar-refractivity contribution is 5.97. The largest absolute Gasteiger partial charge is 0.530 e. The van der Waals surface area contributed by atoms with E-state index in [2.05, 4.69) is 24.3 Å². The summed E-state index contributed by atoms with van der Waals surface area (Å²) < 4.78 is 11.5. The number of carboxylic acid groups (broad SMARTS) is 1. The van der Waals surface area contributed by atoms with Gasteiger partial charge in [0.25, 0.3) is 0 Å². The summed E-state index contributed by atoms with van der Waals surface area (Å²) >= 11 is 0. The van der Waals surface area contributed by atoms with Crippen LogP contribution in [0.1, 0.15) is 39.4 Å². The van der Waals surface area contributed by atoms with Gasteiger partial charge in [0.15, 0.2) is 12.4 Å². The Morgan fingerprint density at radius 1 is 0.825 bits per heavy atom. The van der Waals surface area contributed by atoms with Crippen LogP contribution >= 0.6 is 0 Å². The van der Waals surface area contributed by atoms with Gasteiger partial charge in [-0.2, -0.15) is 0 Å². The zero-order valence-electron chi connectivity index (χ0n) is 22.0. The molecule has 40 heavy (non-hydrogen) atoms. The number of hydrogen-bond donors (Lipinski definition) is 0. The van der Waals surface area contributed by atoms with E-state index in [0.717, 1.165) is 27.5 Å². The number of fused-ring (bicyclic) bond motifs is 1. The Hall–Kier alpha value is -4.49. The number of benzene rings is 4. The second-order valence-electron chi connectivity index (χ2n) is 10.0. The van der Waals surface area contributed by atoms with Crippen molar-refractivity contribution in [2.24, 2.45) is 0 Å². The maximum absolute atomic E-state index is 12.3. The average molecular weight is 537 g/mol. The molecule has 1 fully saturated rings. The molecule has 0 aromatic heterocycles. The molecule has 0 aliphatic carbocycles. The Kier molecular flexibility index (Phi) is 8.52. The van der Waals surface area contributed by atoms with Gasteiger partial charge in [-0.15, -0.1) is 0 Å². The second-order valence-corrected chi connectivity index (χ2v) is 10.0. The van der Waals surface area contributed by atoms with E-state index >= 15 is 0 Å². The third kappa shape index (κ3) is 6.74. The minimum atomic E-state index is -1.20. The van der Waals surface area contributed by atoms with Gasteiger partial charge in [-0.25, -0.2) is 0 Å². The lowest BCUT2D eigenvalue weighted by Gasteiger charge is -2.40. The summed E-state index contributed by atoms with van der Waals surface area (Å²) in [5, 5.41) is 13.9. The minimum absolute atomic E-state index is 0.0134. The van der Waals surface area contributed by atoms with E-state index in [1.807, 2.05) is 48.5 Å². The topological polar surface area (TPSA) is 96.0 Å². The van der Waals surface area contributed by atoms with Crippen molar-refractivity contribution in [1.82, 2.24) is 4.90 Å². The number of ketones is 1. The standard InChI is InChI=1S/C33H31NO6/c35-30(27-7-2-1-3-8-27)22-40-32(36)19-23-10-14-26(15-11-23)29-16-17-34(33(37)38)20-31(29)39-21-24-12-13-25-6-4-5-9-28(25)18-24/h1-15,18,29,31H,16-17,19-22H2,(H,37,38)/p-1. The average Bonchev–Trinajstić information content (AvgIpc) is 2.99.